The molecule has 0 amide bonds. The Morgan fingerprint density at radius 3 is 1.07 bits per heavy atom. The van der Waals surface area contributed by atoms with Gasteiger partial charge in [-0.05, 0) is 24.8 Å². The van der Waals surface area contributed by atoms with Gasteiger partial charge in [0.1, 0.15) is 12.0 Å². The van der Waals surface area contributed by atoms with E-state index in [0.29, 0.717) is 0 Å². The van der Waals surface area contributed by atoms with Crippen molar-refractivity contribution in [2.45, 2.75) is 32.1 Å². The van der Waals surface area contributed by atoms with Crippen LogP contribution >= 0.6 is 7.71 Å². The fourth-order valence-electron chi connectivity index (χ4n) is 7.16. The van der Waals surface area contributed by atoms with Gasteiger partial charge in [-0.15, -0.1) is 0 Å². The minimum absolute atomic E-state index is 0.804. The van der Waals surface area contributed by atoms with Crippen molar-refractivity contribution >= 4 is 35.7 Å². The van der Waals surface area contributed by atoms with Crippen LogP contribution in [0.2, 0.25) is 0 Å². The van der Waals surface area contributed by atoms with Crippen LogP contribution in [-0.2, 0) is 0 Å². The van der Waals surface area contributed by atoms with Gasteiger partial charge >= 0.3 is 0 Å². The highest BCUT2D eigenvalue weighted by atomic mass is 31.2. The van der Waals surface area contributed by atoms with E-state index in [0.717, 1.165) is 5.92 Å². The van der Waals surface area contributed by atoms with Crippen LogP contribution in [0.25, 0.3) is 0 Å². The van der Waals surface area contributed by atoms with Gasteiger partial charge in [-0.1, -0.05) is 141 Å². The van der Waals surface area contributed by atoms with Gasteiger partial charge in [0.2, 0.25) is 0 Å². The van der Waals surface area contributed by atoms with Crippen molar-refractivity contribution in [2.75, 3.05) is 42.3 Å². The van der Waals surface area contributed by atoms with Crippen molar-refractivity contribution in [3.63, 3.8) is 0 Å². The summed E-state index contributed by atoms with van der Waals surface area (Å²) in [6.07, 6.45) is 8.29. The Bertz CT molecular complexity index is 1180. The number of hydrogen-bond acceptors (Lipinski definition) is 3. The second-order valence-electron chi connectivity index (χ2n) is 12.4. The molecule has 0 atom stereocenters. The van der Waals surface area contributed by atoms with Crippen LogP contribution < -0.4 is 21.9 Å². The number of allylic oxidation sites excluding steroid dienone is 1. The molecule has 4 aromatic carbocycles. The molecule has 0 unspecified atom stereocenters. The SMILES string of the molecule is CN(C)[P+](/C=C/C1CCCCC1)(N(C)C)N(C)C.c1ccc([B-](c2ccccc2)(c2ccccc2)c2ccccc2)cc1. The predicted molar refractivity (Wildman–Crippen MR) is 194 cm³/mol. The highest BCUT2D eigenvalue weighted by Crippen LogP contribution is 2.65. The predicted octanol–water partition coefficient (Wildman–Crippen LogP) is 6.59. The van der Waals surface area contributed by atoms with E-state index < -0.39 is 13.9 Å². The first-order valence-corrected chi connectivity index (χ1v) is 17.5. The van der Waals surface area contributed by atoms with Gasteiger partial charge in [0.25, 0.3) is 7.71 Å². The van der Waals surface area contributed by atoms with Gasteiger partial charge in [0.05, 0.1) is 0 Å². The van der Waals surface area contributed by atoms with E-state index in [1.165, 1.54) is 54.0 Å². The minimum atomic E-state index is -1.46. The Morgan fingerprint density at radius 2 is 0.791 bits per heavy atom. The van der Waals surface area contributed by atoms with Crippen LogP contribution in [0.3, 0.4) is 0 Å². The summed E-state index contributed by atoms with van der Waals surface area (Å²) in [6, 6.07) is 43.5. The fourth-order valence-corrected chi connectivity index (χ4v) is 10.6. The second kappa shape index (κ2) is 15.6. The van der Waals surface area contributed by atoms with Gasteiger partial charge in [-0.2, -0.15) is 35.9 Å². The average Bonchev–Trinajstić information content (AvgIpc) is 3.04. The normalized spacial score (nSPS) is 14.7. The molecular formula is C38H51BN3P. The molecule has 0 N–H and O–H groups in total. The minimum Gasteiger partial charge on any atom is -0.195 e. The zero-order valence-corrected chi connectivity index (χ0v) is 28.1. The quantitative estimate of drug-likeness (QED) is 0.161. The molecule has 0 aromatic heterocycles. The standard InChI is InChI=1S/C24H20B.C14H31N3P/c1-5-13-21(14-6-1)25(22-15-7-2-8-16-22,23-17-9-3-10-18-23)24-19-11-4-12-20-24;1-15(2)18(16(3)4,17(5)6)13-12-14-10-8-7-9-11-14/h1-20H;12-14H,7-11H2,1-6H3/q-1;+1/b;13-12+. The molecule has 1 saturated carbocycles. The summed E-state index contributed by atoms with van der Waals surface area (Å²) in [6.45, 7) is 0. The zero-order valence-electron chi connectivity index (χ0n) is 27.2. The van der Waals surface area contributed by atoms with Crippen LogP contribution in [0, 0.1) is 5.92 Å². The van der Waals surface area contributed by atoms with Gasteiger partial charge in [-0.3, -0.25) is 0 Å². The molecule has 0 saturated heterocycles. The van der Waals surface area contributed by atoms with Gasteiger partial charge in [0.15, 0.2) is 0 Å². The van der Waals surface area contributed by atoms with E-state index >= 15 is 0 Å². The van der Waals surface area contributed by atoms with E-state index in [1.54, 1.807) is 0 Å². The highest BCUT2D eigenvalue weighted by molar-refractivity contribution is 7.71. The maximum absolute atomic E-state index is 2.49. The molecule has 0 radical (unpaired) electrons. The fraction of sp³-hybridized carbons (Fsp3) is 0.316. The third-order valence-corrected chi connectivity index (χ3v) is 13.3. The van der Waals surface area contributed by atoms with Crippen molar-refractivity contribution in [3.05, 3.63) is 133 Å². The lowest BCUT2D eigenvalue weighted by atomic mass is 9.13. The third-order valence-electron chi connectivity index (χ3n) is 9.17. The van der Waals surface area contributed by atoms with Crippen molar-refractivity contribution in [1.29, 1.82) is 0 Å². The Balaban J connectivity index is 0.000000209. The van der Waals surface area contributed by atoms with Crippen LogP contribution in [0.5, 0.6) is 0 Å². The summed E-state index contributed by atoms with van der Waals surface area (Å²) in [5.41, 5.74) is 5.36. The van der Waals surface area contributed by atoms with Crippen molar-refractivity contribution in [3.8, 4) is 0 Å². The first kappa shape index (κ1) is 32.9. The lowest BCUT2D eigenvalue weighted by molar-refractivity contribution is 0.418. The van der Waals surface area contributed by atoms with Crippen LogP contribution in [-0.4, -0.2) is 62.4 Å². The summed E-state index contributed by atoms with van der Waals surface area (Å²) in [4.78, 5) is 0. The molecule has 0 spiro atoms. The summed E-state index contributed by atoms with van der Waals surface area (Å²) < 4.78 is 7.14. The molecule has 1 aliphatic carbocycles. The van der Waals surface area contributed by atoms with Gasteiger partial charge in [0, 0.05) is 42.3 Å². The van der Waals surface area contributed by atoms with Crippen LogP contribution in [0.1, 0.15) is 32.1 Å². The first-order valence-electron chi connectivity index (χ1n) is 15.8. The molecule has 43 heavy (non-hydrogen) atoms. The number of benzene rings is 4. The number of hydrogen-bond donors (Lipinski definition) is 0. The van der Waals surface area contributed by atoms with Crippen molar-refractivity contribution < 1.29 is 0 Å². The molecule has 0 bridgehead atoms. The largest absolute Gasteiger partial charge is 0.252 e. The number of rotatable bonds is 9. The van der Waals surface area contributed by atoms with E-state index in [2.05, 4.69) is 190 Å². The molecule has 0 aliphatic heterocycles. The Hall–Kier alpha value is -3.01. The van der Waals surface area contributed by atoms with Crippen LogP contribution in [0.15, 0.2) is 133 Å². The van der Waals surface area contributed by atoms with Gasteiger partial charge < -0.3 is 0 Å². The molecule has 4 aromatic rings. The second-order valence-corrected chi connectivity index (χ2v) is 16.3. The monoisotopic (exact) mass is 591 g/mol. The molecule has 226 valence electrons. The first-order chi connectivity index (χ1) is 20.8. The van der Waals surface area contributed by atoms with E-state index in [4.69, 9.17) is 0 Å². The average molecular weight is 592 g/mol. The third kappa shape index (κ3) is 7.39. The van der Waals surface area contributed by atoms with Crippen LogP contribution in [0.4, 0.5) is 0 Å². The molecule has 3 nitrogen and oxygen atoms in total. The molecule has 1 aliphatic rings. The molecular weight excluding hydrogens is 540 g/mol. The lowest BCUT2D eigenvalue weighted by Crippen LogP contribution is -2.74. The van der Waals surface area contributed by atoms with E-state index in [-0.39, 0.29) is 0 Å². The highest BCUT2D eigenvalue weighted by Gasteiger charge is 2.45. The Morgan fingerprint density at radius 1 is 0.488 bits per heavy atom. The summed E-state index contributed by atoms with van der Waals surface area (Å²) in [7, 11) is 11.7. The van der Waals surface area contributed by atoms with Crippen molar-refractivity contribution in [2.24, 2.45) is 5.92 Å². The lowest BCUT2D eigenvalue weighted by Gasteiger charge is -2.44. The molecule has 0 heterocycles. The van der Waals surface area contributed by atoms with E-state index in [9.17, 15) is 0 Å². The maximum Gasteiger partial charge on any atom is 0.252 e. The maximum atomic E-state index is 2.49. The topological polar surface area (TPSA) is 9.72 Å². The van der Waals surface area contributed by atoms with E-state index in [1.807, 2.05) is 0 Å². The zero-order chi connectivity index (χ0) is 30.7. The number of nitrogens with zero attached hydrogens (tertiary/aromatic N) is 3. The summed E-state index contributed by atoms with van der Waals surface area (Å²) >= 11 is 0. The molecule has 5 heteroatoms. The summed E-state index contributed by atoms with van der Waals surface area (Å²) in [5, 5.41) is 0. The Kier molecular flexibility index (Phi) is 12.0. The smallest absolute Gasteiger partial charge is 0.195 e. The summed E-state index contributed by atoms with van der Waals surface area (Å²) in [5.74, 6) is 3.29. The van der Waals surface area contributed by atoms with Gasteiger partial charge in [-0.25, -0.2) is 0 Å². The molecule has 1 fully saturated rings. The Labute approximate surface area is 262 Å². The van der Waals surface area contributed by atoms with Crippen molar-refractivity contribution in [1.82, 2.24) is 14.0 Å². The molecule has 5 rings (SSSR count).